The van der Waals surface area contributed by atoms with Crippen LogP contribution in [-0.2, 0) is 12.6 Å². The SMILES string of the molecule is ONC1CCc2cc(Oc3ccc(C(F)(F)F)cc3Cl)ccc21. The zero-order valence-electron chi connectivity index (χ0n) is 11.8. The van der Waals surface area contributed by atoms with Crippen LogP contribution in [0, 0.1) is 0 Å². The molecule has 1 unspecified atom stereocenters. The fourth-order valence-corrected chi connectivity index (χ4v) is 2.90. The van der Waals surface area contributed by atoms with Gasteiger partial charge in [0.2, 0.25) is 0 Å². The maximum atomic E-state index is 12.6. The Morgan fingerprint density at radius 1 is 1.17 bits per heavy atom. The molecule has 0 spiro atoms. The van der Waals surface area contributed by atoms with E-state index in [1.807, 2.05) is 6.07 Å². The highest BCUT2D eigenvalue weighted by atomic mass is 35.5. The molecule has 122 valence electrons. The Bertz CT molecular complexity index is 734. The van der Waals surface area contributed by atoms with Gasteiger partial charge in [-0.2, -0.15) is 18.7 Å². The second-order valence-corrected chi connectivity index (χ2v) is 5.73. The van der Waals surface area contributed by atoms with E-state index in [0.29, 0.717) is 5.75 Å². The first-order valence-corrected chi connectivity index (χ1v) is 7.33. The zero-order chi connectivity index (χ0) is 16.6. The van der Waals surface area contributed by atoms with E-state index >= 15 is 0 Å². The van der Waals surface area contributed by atoms with Crippen LogP contribution in [0.3, 0.4) is 0 Å². The number of nitrogens with one attached hydrogen (secondary N) is 1. The molecule has 3 nitrogen and oxygen atoms in total. The normalized spacial score (nSPS) is 17.2. The molecule has 0 heterocycles. The van der Waals surface area contributed by atoms with Gasteiger partial charge in [-0.05, 0) is 54.3 Å². The third kappa shape index (κ3) is 3.29. The number of rotatable bonds is 3. The molecule has 1 atom stereocenters. The molecular formula is C16H13ClF3NO2. The van der Waals surface area contributed by atoms with E-state index in [4.69, 9.17) is 21.5 Å². The van der Waals surface area contributed by atoms with Gasteiger partial charge < -0.3 is 9.94 Å². The Balaban J connectivity index is 1.83. The van der Waals surface area contributed by atoms with Crippen molar-refractivity contribution in [2.24, 2.45) is 0 Å². The van der Waals surface area contributed by atoms with Crippen LogP contribution in [0.25, 0.3) is 0 Å². The van der Waals surface area contributed by atoms with Gasteiger partial charge in [0.15, 0.2) is 0 Å². The summed E-state index contributed by atoms with van der Waals surface area (Å²) in [7, 11) is 0. The van der Waals surface area contributed by atoms with Crippen molar-refractivity contribution in [3.8, 4) is 11.5 Å². The maximum Gasteiger partial charge on any atom is 0.416 e. The second-order valence-electron chi connectivity index (χ2n) is 5.33. The number of ether oxygens (including phenoxy) is 1. The first-order valence-electron chi connectivity index (χ1n) is 6.95. The lowest BCUT2D eigenvalue weighted by atomic mass is 10.1. The number of alkyl halides is 3. The Hall–Kier alpha value is -1.76. The number of fused-ring (bicyclic) bond motifs is 1. The molecule has 7 heteroatoms. The van der Waals surface area contributed by atoms with E-state index in [-0.39, 0.29) is 16.8 Å². The van der Waals surface area contributed by atoms with Crippen molar-refractivity contribution in [2.45, 2.75) is 25.1 Å². The number of aryl methyl sites for hydroxylation is 1. The fourth-order valence-electron chi connectivity index (χ4n) is 2.68. The Morgan fingerprint density at radius 3 is 2.61 bits per heavy atom. The van der Waals surface area contributed by atoms with Gasteiger partial charge >= 0.3 is 6.18 Å². The average Bonchev–Trinajstić information content (AvgIpc) is 2.90. The molecule has 0 bridgehead atoms. The summed E-state index contributed by atoms with van der Waals surface area (Å²) < 4.78 is 43.5. The zero-order valence-corrected chi connectivity index (χ0v) is 12.6. The summed E-state index contributed by atoms with van der Waals surface area (Å²) in [5.41, 5.74) is 3.44. The minimum atomic E-state index is -4.44. The number of hydroxylamine groups is 1. The third-order valence-electron chi connectivity index (χ3n) is 3.84. The monoisotopic (exact) mass is 343 g/mol. The van der Waals surface area contributed by atoms with Gasteiger partial charge in [-0.1, -0.05) is 17.7 Å². The van der Waals surface area contributed by atoms with E-state index < -0.39 is 11.7 Å². The summed E-state index contributed by atoms with van der Waals surface area (Å²) in [4.78, 5) is 0. The topological polar surface area (TPSA) is 41.5 Å². The average molecular weight is 344 g/mol. The highest BCUT2D eigenvalue weighted by molar-refractivity contribution is 6.32. The van der Waals surface area contributed by atoms with Gasteiger partial charge in [-0.15, -0.1) is 0 Å². The first-order chi connectivity index (χ1) is 10.9. The van der Waals surface area contributed by atoms with Gasteiger partial charge in [0, 0.05) is 0 Å². The molecule has 0 saturated carbocycles. The molecule has 2 N–H and O–H groups in total. The third-order valence-corrected chi connectivity index (χ3v) is 4.13. The Morgan fingerprint density at radius 2 is 1.96 bits per heavy atom. The van der Waals surface area contributed by atoms with Crippen molar-refractivity contribution >= 4 is 11.6 Å². The van der Waals surface area contributed by atoms with Gasteiger partial charge in [-0.3, -0.25) is 0 Å². The molecule has 2 aromatic rings. The highest BCUT2D eigenvalue weighted by Gasteiger charge is 2.31. The lowest BCUT2D eigenvalue weighted by molar-refractivity contribution is -0.137. The molecule has 1 aliphatic carbocycles. The molecule has 0 radical (unpaired) electrons. The summed E-state index contributed by atoms with van der Waals surface area (Å²) in [6, 6.07) is 8.20. The summed E-state index contributed by atoms with van der Waals surface area (Å²) in [5.74, 6) is 0.651. The first kappa shape index (κ1) is 16.1. The van der Waals surface area contributed by atoms with Crippen LogP contribution >= 0.6 is 11.6 Å². The lowest BCUT2D eigenvalue weighted by Gasteiger charge is -2.13. The van der Waals surface area contributed by atoms with Gasteiger partial charge in [0.05, 0.1) is 16.6 Å². The van der Waals surface area contributed by atoms with Crippen molar-refractivity contribution in [1.82, 2.24) is 5.48 Å². The number of hydrogen-bond donors (Lipinski definition) is 2. The van der Waals surface area contributed by atoms with Crippen molar-refractivity contribution in [3.63, 3.8) is 0 Å². The summed E-state index contributed by atoms with van der Waals surface area (Å²) in [6.07, 6.45) is -2.89. The fraction of sp³-hybridized carbons (Fsp3) is 0.250. The number of benzene rings is 2. The summed E-state index contributed by atoms with van der Waals surface area (Å²) in [5, 5.41) is 8.95. The quantitative estimate of drug-likeness (QED) is 0.760. The van der Waals surface area contributed by atoms with Crippen LogP contribution in [0.1, 0.15) is 29.2 Å². The molecule has 0 fully saturated rings. The smallest absolute Gasteiger partial charge is 0.416 e. The molecule has 0 aliphatic heterocycles. The van der Waals surface area contributed by atoms with Crippen molar-refractivity contribution in [2.75, 3.05) is 0 Å². The van der Waals surface area contributed by atoms with Crippen LogP contribution in [0.2, 0.25) is 5.02 Å². The van der Waals surface area contributed by atoms with Crippen LogP contribution in [-0.4, -0.2) is 5.21 Å². The molecule has 3 rings (SSSR count). The number of hydrogen-bond acceptors (Lipinski definition) is 3. The lowest BCUT2D eigenvalue weighted by Crippen LogP contribution is -2.13. The molecule has 0 amide bonds. The van der Waals surface area contributed by atoms with E-state index in [0.717, 1.165) is 36.1 Å². The van der Waals surface area contributed by atoms with Crippen molar-refractivity contribution in [3.05, 3.63) is 58.1 Å². The molecule has 0 aromatic heterocycles. The molecule has 2 aromatic carbocycles. The van der Waals surface area contributed by atoms with E-state index in [1.54, 1.807) is 12.1 Å². The summed E-state index contributed by atoms with van der Waals surface area (Å²) >= 11 is 5.88. The minimum absolute atomic E-state index is 0.102. The van der Waals surface area contributed by atoms with E-state index in [9.17, 15) is 13.2 Å². The number of halogens is 4. The molecule has 23 heavy (non-hydrogen) atoms. The predicted molar refractivity (Wildman–Crippen MR) is 79.0 cm³/mol. The van der Waals surface area contributed by atoms with Crippen molar-refractivity contribution in [1.29, 1.82) is 0 Å². The summed E-state index contributed by atoms with van der Waals surface area (Å²) in [6.45, 7) is 0. The molecule has 0 saturated heterocycles. The minimum Gasteiger partial charge on any atom is -0.456 e. The largest absolute Gasteiger partial charge is 0.456 e. The van der Waals surface area contributed by atoms with Crippen LogP contribution < -0.4 is 10.2 Å². The standard InChI is InChI=1S/C16H13ClF3NO2/c17-13-8-10(16(18,19)20)2-6-15(13)23-11-3-4-12-9(7-11)1-5-14(12)21-22/h2-4,6-8,14,21-22H,1,5H2. The van der Waals surface area contributed by atoms with Crippen LogP contribution in [0.15, 0.2) is 36.4 Å². The van der Waals surface area contributed by atoms with Gasteiger partial charge in [0.25, 0.3) is 0 Å². The predicted octanol–water partition coefficient (Wildman–Crippen LogP) is 5.12. The van der Waals surface area contributed by atoms with Crippen LogP contribution in [0.4, 0.5) is 13.2 Å². The van der Waals surface area contributed by atoms with Gasteiger partial charge in [-0.25, -0.2) is 0 Å². The van der Waals surface area contributed by atoms with E-state index in [2.05, 4.69) is 5.48 Å². The Labute approximate surface area is 135 Å². The second kappa shape index (κ2) is 6.03. The Kier molecular flexibility index (Phi) is 4.23. The highest BCUT2D eigenvalue weighted by Crippen LogP contribution is 2.38. The van der Waals surface area contributed by atoms with Crippen molar-refractivity contribution < 1.29 is 23.1 Å². The van der Waals surface area contributed by atoms with E-state index in [1.165, 1.54) is 6.07 Å². The van der Waals surface area contributed by atoms with Gasteiger partial charge in [0.1, 0.15) is 11.5 Å². The maximum absolute atomic E-state index is 12.6. The van der Waals surface area contributed by atoms with Crippen LogP contribution in [0.5, 0.6) is 11.5 Å². The molecule has 1 aliphatic rings. The molecular weight excluding hydrogens is 331 g/mol.